The monoisotopic (exact) mass is 469 g/mol. The largest absolute Gasteiger partial charge is 0.350 e. The van der Waals surface area contributed by atoms with Crippen LogP contribution in [0.25, 0.3) is 0 Å². The number of fused-ring (bicyclic) bond motifs is 2. The number of carbonyl (C=O) groups is 4. The van der Waals surface area contributed by atoms with Crippen molar-refractivity contribution in [3.63, 3.8) is 0 Å². The van der Waals surface area contributed by atoms with E-state index in [4.69, 9.17) is 0 Å². The molecule has 1 aromatic rings. The third-order valence-electron chi connectivity index (χ3n) is 6.80. The van der Waals surface area contributed by atoms with Crippen molar-refractivity contribution >= 4 is 23.8 Å². The highest BCUT2D eigenvalue weighted by Gasteiger charge is 2.53. The number of urea groups is 1. The summed E-state index contributed by atoms with van der Waals surface area (Å²) in [6.07, 6.45) is 3.19. The first-order valence-electron chi connectivity index (χ1n) is 12.1. The standard InChI is InChI=1S/C25H35N5O4/c1-24(2,3)26-20(31)16-28-12-14-29(15-13-28)21(32)17-30-22(33)25(27-23(30)34)11-7-6-9-18-8-4-5-10-19(18)25/h4-5,8,10H,6-7,9,11-17H2,1-3H3,(H,26,31)(H,27,34). The molecule has 1 atom stereocenters. The normalized spacial score (nSPS) is 23.5. The molecule has 2 fully saturated rings. The second-order valence-corrected chi connectivity index (χ2v) is 10.5. The molecule has 0 radical (unpaired) electrons. The highest BCUT2D eigenvalue weighted by molar-refractivity contribution is 6.09. The molecule has 1 aliphatic carbocycles. The molecule has 1 spiro atoms. The fraction of sp³-hybridized carbons (Fsp3) is 0.600. The number of imide groups is 1. The topological polar surface area (TPSA) is 102 Å². The number of nitrogens with zero attached hydrogens (tertiary/aromatic N) is 3. The van der Waals surface area contributed by atoms with E-state index in [1.165, 1.54) is 0 Å². The Morgan fingerprint density at radius 2 is 1.74 bits per heavy atom. The molecular weight excluding hydrogens is 434 g/mol. The van der Waals surface area contributed by atoms with Crippen LogP contribution in [-0.2, 0) is 26.3 Å². The predicted octanol–water partition coefficient (Wildman–Crippen LogP) is 1.22. The maximum atomic E-state index is 13.5. The van der Waals surface area contributed by atoms with E-state index in [0.717, 1.165) is 35.3 Å². The van der Waals surface area contributed by atoms with Gasteiger partial charge in [-0.3, -0.25) is 24.2 Å². The van der Waals surface area contributed by atoms with Gasteiger partial charge in [-0.25, -0.2) is 4.79 Å². The van der Waals surface area contributed by atoms with Gasteiger partial charge in [-0.05, 0) is 57.6 Å². The highest BCUT2D eigenvalue weighted by atomic mass is 16.2. The highest BCUT2D eigenvalue weighted by Crippen LogP contribution is 2.38. The van der Waals surface area contributed by atoms with Crippen molar-refractivity contribution in [3.8, 4) is 0 Å². The smallest absolute Gasteiger partial charge is 0.325 e. The lowest BCUT2D eigenvalue weighted by molar-refractivity contribution is -0.140. The molecule has 3 aliphatic rings. The lowest BCUT2D eigenvalue weighted by Gasteiger charge is -2.35. The summed E-state index contributed by atoms with van der Waals surface area (Å²) >= 11 is 0. The molecule has 184 valence electrons. The lowest BCUT2D eigenvalue weighted by atomic mass is 9.84. The number of hydrogen-bond acceptors (Lipinski definition) is 5. The number of carbonyl (C=O) groups excluding carboxylic acids is 4. The van der Waals surface area contributed by atoms with Crippen LogP contribution in [0.15, 0.2) is 24.3 Å². The summed E-state index contributed by atoms with van der Waals surface area (Å²) in [7, 11) is 0. The minimum absolute atomic E-state index is 0.0411. The Hall–Kier alpha value is -2.94. The quantitative estimate of drug-likeness (QED) is 0.646. The summed E-state index contributed by atoms with van der Waals surface area (Å²) in [4.78, 5) is 56.3. The molecule has 0 aromatic heterocycles. The van der Waals surface area contributed by atoms with E-state index >= 15 is 0 Å². The van der Waals surface area contributed by atoms with E-state index in [1.807, 2.05) is 49.9 Å². The molecule has 9 heteroatoms. The van der Waals surface area contributed by atoms with E-state index in [0.29, 0.717) is 32.6 Å². The zero-order valence-electron chi connectivity index (χ0n) is 20.4. The number of amides is 5. The van der Waals surface area contributed by atoms with Crippen LogP contribution in [-0.4, -0.2) is 83.3 Å². The van der Waals surface area contributed by atoms with Gasteiger partial charge in [-0.1, -0.05) is 24.3 Å². The van der Waals surface area contributed by atoms with Crippen LogP contribution in [0.3, 0.4) is 0 Å². The van der Waals surface area contributed by atoms with Gasteiger partial charge < -0.3 is 15.5 Å². The van der Waals surface area contributed by atoms with Gasteiger partial charge in [0, 0.05) is 31.7 Å². The van der Waals surface area contributed by atoms with Crippen LogP contribution in [0, 0.1) is 0 Å². The van der Waals surface area contributed by atoms with Crippen molar-refractivity contribution < 1.29 is 19.2 Å². The third kappa shape index (κ3) is 4.94. The van der Waals surface area contributed by atoms with Crippen LogP contribution < -0.4 is 10.6 Å². The Kier molecular flexibility index (Phi) is 6.66. The Bertz CT molecular complexity index is 980. The molecule has 2 saturated heterocycles. The van der Waals surface area contributed by atoms with Gasteiger partial charge in [-0.15, -0.1) is 0 Å². The van der Waals surface area contributed by atoms with Gasteiger partial charge in [0.2, 0.25) is 11.8 Å². The molecule has 4 rings (SSSR count). The summed E-state index contributed by atoms with van der Waals surface area (Å²) in [6, 6.07) is 7.26. The number of nitrogens with one attached hydrogen (secondary N) is 2. The van der Waals surface area contributed by atoms with E-state index < -0.39 is 11.6 Å². The molecular formula is C25H35N5O4. The summed E-state index contributed by atoms with van der Waals surface area (Å²) in [5.74, 6) is -0.625. The average Bonchev–Trinajstić information content (AvgIpc) is 2.90. The van der Waals surface area contributed by atoms with Crippen molar-refractivity contribution in [2.24, 2.45) is 0 Å². The summed E-state index contributed by atoms with van der Waals surface area (Å²) in [5, 5.41) is 5.88. The number of benzene rings is 1. The number of rotatable bonds is 4. The first-order valence-corrected chi connectivity index (χ1v) is 12.1. The third-order valence-corrected chi connectivity index (χ3v) is 6.80. The first kappa shape index (κ1) is 24.2. The second kappa shape index (κ2) is 9.37. The summed E-state index contributed by atoms with van der Waals surface area (Å²) in [6.45, 7) is 7.90. The molecule has 0 bridgehead atoms. The second-order valence-electron chi connectivity index (χ2n) is 10.5. The Balaban J connectivity index is 1.37. The molecule has 2 N–H and O–H groups in total. The Morgan fingerprint density at radius 3 is 2.44 bits per heavy atom. The summed E-state index contributed by atoms with van der Waals surface area (Å²) in [5.41, 5.74) is 0.563. The predicted molar refractivity (Wildman–Crippen MR) is 127 cm³/mol. The summed E-state index contributed by atoms with van der Waals surface area (Å²) < 4.78 is 0. The van der Waals surface area contributed by atoms with E-state index in [-0.39, 0.29) is 36.3 Å². The van der Waals surface area contributed by atoms with Crippen molar-refractivity contribution in [1.82, 2.24) is 25.3 Å². The lowest BCUT2D eigenvalue weighted by Crippen LogP contribution is -2.54. The molecule has 5 amide bonds. The fourth-order valence-corrected chi connectivity index (χ4v) is 5.17. The molecule has 2 aliphatic heterocycles. The van der Waals surface area contributed by atoms with Crippen molar-refractivity contribution in [3.05, 3.63) is 35.4 Å². The zero-order valence-corrected chi connectivity index (χ0v) is 20.4. The molecule has 9 nitrogen and oxygen atoms in total. The number of hydrogen-bond donors (Lipinski definition) is 2. The van der Waals surface area contributed by atoms with E-state index in [2.05, 4.69) is 10.6 Å². The minimum Gasteiger partial charge on any atom is -0.350 e. The Morgan fingerprint density at radius 1 is 1.03 bits per heavy atom. The maximum absolute atomic E-state index is 13.5. The van der Waals surface area contributed by atoms with Gasteiger partial charge in [0.15, 0.2) is 0 Å². The minimum atomic E-state index is -1.08. The van der Waals surface area contributed by atoms with Crippen LogP contribution in [0.4, 0.5) is 4.79 Å². The van der Waals surface area contributed by atoms with Gasteiger partial charge in [-0.2, -0.15) is 0 Å². The number of piperazine rings is 1. The van der Waals surface area contributed by atoms with Gasteiger partial charge >= 0.3 is 6.03 Å². The number of aryl methyl sites for hydroxylation is 1. The fourth-order valence-electron chi connectivity index (χ4n) is 5.17. The zero-order chi connectivity index (χ0) is 24.5. The molecule has 1 aromatic carbocycles. The van der Waals surface area contributed by atoms with Crippen molar-refractivity contribution in [2.45, 2.75) is 57.5 Å². The molecule has 1 unspecified atom stereocenters. The van der Waals surface area contributed by atoms with Gasteiger partial charge in [0.1, 0.15) is 12.1 Å². The van der Waals surface area contributed by atoms with Crippen molar-refractivity contribution in [2.75, 3.05) is 39.3 Å². The molecule has 34 heavy (non-hydrogen) atoms. The first-order chi connectivity index (χ1) is 16.1. The van der Waals surface area contributed by atoms with Crippen molar-refractivity contribution in [1.29, 1.82) is 0 Å². The molecule has 0 saturated carbocycles. The van der Waals surface area contributed by atoms with E-state index in [9.17, 15) is 19.2 Å². The van der Waals surface area contributed by atoms with Crippen LogP contribution in [0.1, 0.15) is 51.2 Å². The molecule has 2 heterocycles. The van der Waals surface area contributed by atoms with Crippen LogP contribution in [0.2, 0.25) is 0 Å². The van der Waals surface area contributed by atoms with Gasteiger partial charge in [0.05, 0.1) is 6.54 Å². The maximum Gasteiger partial charge on any atom is 0.325 e. The van der Waals surface area contributed by atoms with Crippen LogP contribution >= 0.6 is 0 Å². The van der Waals surface area contributed by atoms with Gasteiger partial charge in [0.25, 0.3) is 5.91 Å². The SMILES string of the molecule is CC(C)(C)NC(=O)CN1CCN(C(=O)CN2C(=O)NC3(CCCCc4ccccc43)C2=O)CC1. The van der Waals surface area contributed by atoms with E-state index in [1.54, 1.807) is 4.90 Å². The Labute approximate surface area is 200 Å². The van der Waals surface area contributed by atoms with Crippen LogP contribution in [0.5, 0.6) is 0 Å². The average molecular weight is 470 g/mol.